The van der Waals surface area contributed by atoms with Crippen LogP contribution in [0.15, 0.2) is 23.1 Å². The van der Waals surface area contributed by atoms with Gasteiger partial charge in [0.15, 0.2) is 11.5 Å². The normalized spacial score (nSPS) is 13.0. The maximum atomic E-state index is 12.1. The van der Waals surface area contributed by atoms with E-state index < -0.39 is 16.1 Å². The molecule has 0 spiro atoms. The van der Waals surface area contributed by atoms with Crippen molar-refractivity contribution in [2.45, 2.75) is 31.7 Å². The fourth-order valence-electron chi connectivity index (χ4n) is 1.57. The van der Waals surface area contributed by atoms with Gasteiger partial charge in [-0.05, 0) is 32.9 Å². The zero-order valence-corrected chi connectivity index (χ0v) is 12.7. The molecule has 114 valence electrons. The molecule has 20 heavy (non-hydrogen) atoms. The van der Waals surface area contributed by atoms with Gasteiger partial charge in [0.2, 0.25) is 10.0 Å². The lowest BCUT2D eigenvalue weighted by Crippen LogP contribution is -2.35. The third-order valence-electron chi connectivity index (χ3n) is 2.46. The largest absolute Gasteiger partial charge is 0.490 e. The van der Waals surface area contributed by atoms with Crippen molar-refractivity contribution in [2.75, 3.05) is 19.8 Å². The maximum absolute atomic E-state index is 12.1. The number of aliphatic hydroxyl groups excluding tert-OH is 1. The summed E-state index contributed by atoms with van der Waals surface area (Å²) in [7, 11) is -3.69. The molecule has 0 unspecified atom stereocenters. The van der Waals surface area contributed by atoms with Crippen LogP contribution < -0.4 is 14.2 Å². The predicted octanol–water partition coefficient (Wildman–Crippen LogP) is 1.14. The van der Waals surface area contributed by atoms with Gasteiger partial charge in [-0.15, -0.1) is 0 Å². The highest BCUT2D eigenvalue weighted by atomic mass is 32.2. The number of nitrogens with one attached hydrogen (secondary N) is 1. The quantitative estimate of drug-likeness (QED) is 0.752. The van der Waals surface area contributed by atoms with E-state index in [-0.39, 0.29) is 11.5 Å². The Morgan fingerprint density at radius 2 is 1.80 bits per heavy atom. The Morgan fingerprint density at radius 1 is 1.20 bits per heavy atom. The molecule has 0 fully saturated rings. The molecule has 0 aliphatic carbocycles. The summed E-state index contributed by atoms with van der Waals surface area (Å²) < 4.78 is 37.4. The van der Waals surface area contributed by atoms with Crippen LogP contribution in [-0.2, 0) is 10.0 Å². The van der Waals surface area contributed by atoms with Crippen molar-refractivity contribution in [2.24, 2.45) is 0 Å². The molecule has 0 aliphatic heterocycles. The van der Waals surface area contributed by atoms with E-state index in [4.69, 9.17) is 14.6 Å². The van der Waals surface area contributed by atoms with Crippen LogP contribution in [0.25, 0.3) is 0 Å². The summed E-state index contributed by atoms with van der Waals surface area (Å²) in [6, 6.07) is 3.87. The number of hydrogen-bond donors (Lipinski definition) is 2. The fourth-order valence-corrected chi connectivity index (χ4v) is 2.82. The minimum atomic E-state index is -3.69. The summed E-state index contributed by atoms with van der Waals surface area (Å²) in [6.07, 6.45) is 0. The van der Waals surface area contributed by atoms with Crippen LogP contribution in [0.4, 0.5) is 0 Å². The van der Waals surface area contributed by atoms with Crippen molar-refractivity contribution in [1.29, 1.82) is 0 Å². The van der Waals surface area contributed by atoms with Crippen LogP contribution in [0.1, 0.15) is 20.8 Å². The molecule has 2 N–H and O–H groups in total. The minimum absolute atomic E-state index is 0.0738. The molecule has 1 rings (SSSR count). The van der Waals surface area contributed by atoms with Crippen molar-refractivity contribution in [1.82, 2.24) is 4.72 Å². The average molecular weight is 303 g/mol. The molecule has 0 saturated heterocycles. The van der Waals surface area contributed by atoms with Crippen LogP contribution >= 0.6 is 0 Å². The lowest BCUT2D eigenvalue weighted by molar-refractivity contribution is 0.265. The molecule has 0 bridgehead atoms. The molecule has 0 heterocycles. The lowest BCUT2D eigenvalue weighted by atomic mass is 10.3. The Labute approximate surface area is 119 Å². The van der Waals surface area contributed by atoms with Crippen molar-refractivity contribution in [3.05, 3.63) is 18.2 Å². The summed E-state index contributed by atoms with van der Waals surface area (Å²) in [5.74, 6) is 0.886. The van der Waals surface area contributed by atoms with Gasteiger partial charge >= 0.3 is 0 Å². The average Bonchev–Trinajstić information content (AvgIpc) is 2.40. The van der Waals surface area contributed by atoms with E-state index in [2.05, 4.69) is 4.72 Å². The van der Waals surface area contributed by atoms with E-state index in [0.29, 0.717) is 24.7 Å². The first-order chi connectivity index (χ1) is 9.44. The second kappa shape index (κ2) is 7.47. The highest BCUT2D eigenvalue weighted by Gasteiger charge is 2.19. The van der Waals surface area contributed by atoms with Crippen molar-refractivity contribution in [3.63, 3.8) is 0 Å². The number of ether oxygens (including phenoxy) is 2. The molecule has 1 aromatic carbocycles. The van der Waals surface area contributed by atoms with Gasteiger partial charge in [0.05, 0.1) is 24.7 Å². The Hall–Kier alpha value is -1.31. The highest BCUT2D eigenvalue weighted by molar-refractivity contribution is 7.89. The minimum Gasteiger partial charge on any atom is -0.490 e. The number of rotatable bonds is 8. The first kappa shape index (κ1) is 16.7. The van der Waals surface area contributed by atoms with Gasteiger partial charge in [0, 0.05) is 12.1 Å². The number of sulfonamides is 1. The third kappa shape index (κ3) is 4.36. The van der Waals surface area contributed by atoms with E-state index in [1.165, 1.54) is 12.1 Å². The molecule has 0 saturated carbocycles. The molecule has 0 aliphatic rings. The van der Waals surface area contributed by atoms with Crippen molar-refractivity contribution >= 4 is 10.0 Å². The maximum Gasteiger partial charge on any atom is 0.241 e. The standard InChI is InChI=1S/C13H21NO5S/c1-4-18-12-7-6-11(8-13(12)19-5-2)20(16,17)14-10(3)9-15/h6-8,10,14-15H,4-5,9H2,1-3H3/t10-/m1/s1. The van der Waals surface area contributed by atoms with E-state index >= 15 is 0 Å². The molecule has 0 radical (unpaired) electrons. The number of aliphatic hydroxyl groups is 1. The van der Waals surface area contributed by atoms with Crippen LogP contribution in [-0.4, -0.2) is 39.4 Å². The second-order valence-corrected chi connectivity index (χ2v) is 5.89. The summed E-state index contributed by atoms with van der Waals surface area (Å²) in [4.78, 5) is 0.0738. The summed E-state index contributed by atoms with van der Waals surface area (Å²) in [6.45, 7) is 5.83. The van der Waals surface area contributed by atoms with Gasteiger partial charge in [0.25, 0.3) is 0 Å². The summed E-state index contributed by atoms with van der Waals surface area (Å²) in [5.41, 5.74) is 0. The van der Waals surface area contributed by atoms with Crippen LogP contribution in [0, 0.1) is 0 Å². The second-order valence-electron chi connectivity index (χ2n) is 4.18. The SMILES string of the molecule is CCOc1ccc(S(=O)(=O)N[C@H](C)CO)cc1OCC. The Bertz CT molecular complexity index is 530. The smallest absolute Gasteiger partial charge is 0.241 e. The molecule has 1 aromatic rings. The van der Waals surface area contributed by atoms with Crippen LogP contribution in [0.5, 0.6) is 11.5 Å². The zero-order chi connectivity index (χ0) is 15.2. The van der Waals surface area contributed by atoms with Gasteiger partial charge < -0.3 is 14.6 Å². The van der Waals surface area contributed by atoms with Gasteiger partial charge in [-0.25, -0.2) is 13.1 Å². The van der Waals surface area contributed by atoms with Crippen LogP contribution in [0.2, 0.25) is 0 Å². The van der Waals surface area contributed by atoms with E-state index in [9.17, 15) is 8.42 Å². The van der Waals surface area contributed by atoms with Crippen molar-refractivity contribution in [3.8, 4) is 11.5 Å². The highest BCUT2D eigenvalue weighted by Crippen LogP contribution is 2.30. The van der Waals surface area contributed by atoms with Crippen molar-refractivity contribution < 1.29 is 23.0 Å². The monoisotopic (exact) mass is 303 g/mol. The summed E-state index contributed by atoms with van der Waals surface area (Å²) >= 11 is 0. The van der Waals surface area contributed by atoms with Gasteiger partial charge in [0.1, 0.15) is 0 Å². The topological polar surface area (TPSA) is 84.9 Å². The first-order valence-corrected chi connectivity index (χ1v) is 7.95. The third-order valence-corrected chi connectivity index (χ3v) is 4.04. The predicted molar refractivity (Wildman–Crippen MR) is 75.6 cm³/mol. The van der Waals surface area contributed by atoms with E-state index in [1.807, 2.05) is 13.8 Å². The Kier molecular flexibility index (Phi) is 6.25. The Morgan fingerprint density at radius 3 is 2.35 bits per heavy atom. The molecule has 1 atom stereocenters. The zero-order valence-electron chi connectivity index (χ0n) is 11.9. The summed E-state index contributed by atoms with van der Waals surface area (Å²) in [5, 5.41) is 8.93. The lowest BCUT2D eigenvalue weighted by Gasteiger charge is -2.14. The van der Waals surface area contributed by atoms with Gasteiger partial charge in [-0.2, -0.15) is 0 Å². The van der Waals surface area contributed by atoms with E-state index in [0.717, 1.165) is 0 Å². The van der Waals surface area contributed by atoms with E-state index in [1.54, 1.807) is 13.0 Å². The molecular formula is C13H21NO5S. The molecule has 0 aromatic heterocycles. The molecule has 7 heteroatoms. The fraction of sp³-hybridized carbons (Fsp3) is 0.538. The Balaban J connectivity index is 3.10. The molecular weight excluding hydrogens is 282 g/mol. The van der Waals surface area contributed by atoms with Gasteiger partial charge in [-0.3, -0.25) is 0 Å². The van der Waals surface area contributed by atoms with Crippen LogP contribution in [0.3, 0.4) is 0 Å². The number of hydrogen-bond acceptors (Lipinski definition) is 5. The molecule has 6 nitrogen and oxygen atoms in total. The first-order valence-electron chi connectivity index (χ1n) is 6.47. The van der Waals surface area contributed by atoms with Gasteiger partial charge in [-0.1, -0.05) is 0 Å². The number of benzene rings is 1. The molecule has 0 amide bonds.